The molecule has 1 aromatic heterocycles. The van der Waals surface area contributed by atoms with Crippen LogP contribution in [0.2, 0.25) is 0 Å². The molecule has 3 heterocycles. The van der Waals surface area contributed by atoms with E-state index in [-0.39, 0.29) is 5.91 Å². The molecule has 1 aliphatic carbocycles. The van der Waals surface area contributed by atoms with Crippen LogP contribution in [0.25, 0.3) is 0 Å². The minimum atomic E-state index is 0.111. The highest BCUT2D eigenvalue weighted by molar-refractivity contribution is 5.93. The summed E-state index contributed by atoms with van der Waals surface area (Å²) in [6.45, 7) is 5.23. The Balaban J connectivity index is 1.49. The van der Waals surface area contributed by atoms with Crippen LogP contribution in [0.4, 0.5) is 0 Å². The lowest BCUT2D eigenvalue weighted by Gasteiger charge is -2.42. The zero-order valence-electron chi connectivity index (χ0n) is 15.3. The van der Waals surface area contributed by atoms with Crippen LogP contribution in [-0.4, -0.2) is 71.4 Å². The Bertz CT molecular complexity index is 611. The Labute approximate surface area is 150 Å². The van der Waals surface area contributed by atoms with Crippen molar-refractivity contribution in [3.63, 3.8) is 0 Å². The van der Waals surface area contributed by atoms with E-state index in [1.807, 2.05) is 9.58 Å². The average molecular weight is 346 g/mol. The summed E-state index contributed by atoms with van der Waals surface area (Å²) >= 11 is 0. The van der Waals surface area contributed by atoms with Gasteiger partial charge in [0.15, 0.2) is 0 Å². The molecule has 1 saturated heterocycles. The van der Waals surface area contributed by atoms with Gasteiger partial charge in [-0.25, -0.2) is 0 Å². The van der Waals surface area contributed by atoms with E-state index in [4.69, 9.17) is 9.84 Å². The van der Waals surface area contributed by atoms with Crippen molar-refractivity contribution in [3.05, 3.63) is 17.5 Å². The zero-order valence-corrected chi connectivity index (χ0v) is 15.3. The quantitative estimate of drug-likeness (QED) is 0.819. The number of hydrogen-bond acceptors (Lipinski definition) is 4. The monoisotopic (exact) mass is 346 g/mol. The van der Waals surface area contributed by atoms with Gasteiger partial charge >= 0.3 is 0 Å². The van der Waals surface area contributed by atoms with Crippen molar-refractivity contribution in [3.8, 4) is 0 Å². The van der Waals surface area contributed by atoms with Gasteiger partial charge in [-0.15, -0.1) is 0 Å². The summed E-state index contributed by atoms with van der Waals surface area (Å²) in [7, 11) is 1.68. The van der Waals surface area contributed by atoms with E-state index in [1.165, 1.54) is 38.6 Å². The summed E-state index contributed by atoms with van der Waals surface area (Å²) < 4.78 is 7.10. The minimum Gasteiger partial charge on any atom is -0.383 e. The Hall–Kier alpha value is -1.40. The van der Waals surface area contributed by atoms with Gasteiger partial charge in [0.2, 0.25) is 0 Å². The molecule has 138 valence electrons. The number of aromatic nitrogens is 2. The van der Waals surface area contributed by atoms with Crippen LogP contribution in [-0.2, 0) is 11.3 Å². The van der Waals surface area contributed by atoms with Gasteiger partial charge in [0.1, 0.15) is 5.69 Å². The standard InChI is InChI=1S/C19H30N4O2/c1-25-12-11-21-9-4-10-23-18(19(21)24)13-17(20-23)15-5-3-8-22(14-15)16-6-2-7-16/h13,15-16H,2-12,14H2,1H3. The van der Waals surface area contributed by atoms with E-state index < -0.39 is 0 Å². The number of piperidine rings is 1. The molecule has 1 unspecified atom stereocenters. The van der Waals surface area contributed by atoms with Crippen LogP contribution >= 0.6 is 0 Å². The van der Waals surface area contributed by atoms with Gasteiger partial charge < -0.3 is 9.64 Å². The van der Waals surface area contributed by atoms with Crippen molar-refractivity contribution in [2.24, 2.45) is 0 Å². The molecule has 4 rings (SSSR count). The fraction of sp³-hybridized carbons (Fsp3) is 0.789. The fourth-order valence-electron chi connectivity index (χ4n) is 4.40. The van der Waals surface area contributed by atoms with Crippen molar-refractivity contribution >= 4 is 5.91 Å². The second kappa shape index (κ2) is 7.46. The smallest absolute Gasteiger partial charge is 0.272 e. The van der Waals surface area contributed by atoms with Crippen molar-refractivity contribution in [1.82, 2.24) is 19.6 Å². The van der Waals surface area contributed by atoms with Crippen LogP contribution in [0, 0.1) is 0 Å². The second-order valence-corrected chi connectivity index (χ2v) is 7.73. The van der Waals surface area contributed by atoms with Crippen LogP contribution < -0.4 is 0 Å². The third-order valence-corrected chi connectivity index (χ3v) is 6.13. The maximum absolute atomic E-state index is 12.9. The molecule has 0 spiro atoms. The second-order valence-electron chi connectivity index (χ2n) is 7.73. The number of carbonyl (C=O) groups excluding carboxylic acids is 1. The Morgan fingerprint density at radius 1 is 1.16 bits per heavy atom. The fourth-order valence-corrected chi connectivity index (χ4v) is 4.40. The van der Waals surface area contributed by atoms with E-state index >= 15 is 0 Å². The zero-order chi connectivity index (χ0) is 17.2. The summed E-state index contributed by atoms with van der Waals surface area (Å²) in [4.78, 5) is 17.4. The molecule has 2 aliphatic heterocycles. The Morgan fingerprint density at radius 3 is 2.80 bits per heavy atom. The number of amides is 1. The number of ether oxygens (including phenoxy) is 1. The lowest BCUT2D eigenvalue weighted by atomic mass is 9.87. The van der Waals surface area contributed by atoms with Gasteiger partial charge in [0, 0.05) is 45.2 Å². The number of carbonyl (C=O) groups is 1. The van der Waals surface area contributed by atoms with Gasteiger partial charge in [-0.05, 0) is 44.7 Å². The predicted octanol–water partition coefficient (Wildman–Crippen LogP) is 2.11. The van der Waals surface area contributed by atoms with Crippen molar-refractivity contribution in [2.75, 3.05) is 39.9 Å². The summed E-state index contributed by atoms with van der Waals surface area (Å²) in [5.41, 5.74) is 1.89. The third-order valence-electron chi connectivity index (χ3n) is 6.13. The molecule has 1 aromatic rings. The first kappa shape index (κ1) is 17.0. The van der Waals surface area contributed by atoms with Gasteiger partial charge in [-0.2, -0.15) is 5.10 Å². The summed E-state index contributed by atoms with van der Waals surface area (Å²) in [5, 5.41) is 4.85. The summed E-state index contributed by atoms with van der Waals surface area (Å²) in [6.07, 6.45) is 7.51. The number of likely N-dealkylation sites (tertiary alicyclic amines) is 1. The molecule has 0 radical (unpaired) electrons. The Kier molecular flexibility index (Phi) is 5.08. The van der Waals surface area contributed by atoms with E-state index in [1.54, 1.807) is 7.11 Å². The number of aryl methyl sites for hydroxylation is 1. The largest absolute Gasteiger partial charge is 0.383 e. The molecule has 6 heteroatoms. The molecule has 0 bridgehead atoms. The summed E-state index contributed by atoms with van der Waals surface area (Å²) in [5.74, 6) is 0.592. The van der Waals surface area contributed by atoms with Crippen LogP contribution in [0.3, 0.4) is 0 Å². The van der Waals surface area contributed by atoms with Gasteiger partial charge in [0.05, 0.1) is 12.3 Å². The first-order chi connectivity index (χ1) is 12.3. The number of methoxy groups -OCH3 is 1. The van der Waals surface area contributed by atoms with E-state index in [0.29, 0.717) is 19.1 Å². The molecule has 1 atom stereocenters. The molecule has 6 nitrogen and oxygen atoms in total. The third kappa shape index (κ3) is 3.47. The highest BCUT2D eigenvalue weighted by Crippen LogP contribution is 2.33. The van der Waals surface area contributed by atoms with Gasteiger partial charge in [-0.3, -0.25) is 14.4 Å². The maximum Gasteiger partial charge on any atom is 0.272 e. The van der Waals surface area contributed by atoms with Gasteiger partial charge in [0.25, 0.3) is 5.91 Å². The van der Waals surface area contributed by atoms with E-state index in [0.717, 1.165) is 43.5 Å². The van der Waals surface area contributed by atoms with Crippen LogP contribution in [0.5, 0.6) is 0 Å². The first-order valence-corrected chi connectivity index (χ1v) is 9.86. The molecular formula is C19H30N4O2. The predicted molar refractivity (Wildman–Crippen MR) is 95.8 cm³/mol. The van der Waals surface area contributed by atoms with Gasteiger partial charge in [-0.1, -0.05) is 6.42 Å². The van der Waals surface area contributed by atoms with Crippen LogP contribution in [0.15, 0.2) is 6.07 Å². The van der Waals surface area contributed by atoms with Crippen LogP contribution in [0.1, 0.15) is 60.6 Å². The number of fused-ring (bicyclic) bond motifs is 1. The normalized spacial score (nSPS) is 25.6. The molecular weight excluding hydrogens is 316 g/mol. The van der Waals surface area contributed by atoms with Crippen molar-refractivity contribution < 1.29 is 9.53 Å². The molecule has 1 saturated carbocycles. The topological polar surface area (TPSA) is 50.6 Å². The highest BCUT2D eigenvalue weighted by atomic mass is 16.5. The molecule has 3 aliphatic rings. The molecule has 0 N–H and O–H groups in total. The molecule has 1 amide bonds. The number of rotatable bonds is 5. The lowest BCUT2D eigenvalue weighted by molar-refractivity contribution is 0.0698. The molecule has 0 aromatic carbocycles. The summed E-state index contributed by atoms with van der Waals surface area (Å²) in [6, 6.07) is 2.87. The Morgan fingerprint density at radius 2 is 2.04 bits per heavy atom. The highest BCUT2D eigenvalue weighted by Gasteiger charge is 2.32. The minimum absolute atomic E-state index is 0.111. The maximum atomic E-state index is 12.9. The number of hydrogen-bond donors (Lipinski definition) is 0. The number of nitrogens with zero attached hydrogens (tertiary/aromatic N) is 4. The lowest BCUT2D eigenvalue weighted by Crippen LogP contribution is -2.45. The SMILES string of the molecule is COCCN1CCCn2nc(C3CCCN(C4CCC4)C3)cc2C1=O. The van der Waals surface area contributed by atoms with Crippen molar-refractivity contribution in [2.45, 2.75) is 57.0 Å². The van der Waals surface area contributed by atoms with Crippen molar-refractivity contribution in [1.29, 1.82) is 0 Å². The first-order valence-electron chi connectivity index (χ1n) is 9.86. The van der Waals surface area contributed by atoms with E-state index in [2.05, 4.69) is 11.0 Å². The van der Waals surface area contributed by atoms with E-state index in [9.17, 15) is 4.79 Å². The average Bonchev–Trinajstić information content (AvgIpc) is 2.94. The molecule has 2 fully saturated rings. The molecule has 25 heavy (non-hydrogen) atoms.